The molecule has 32 heavy (non-hydrogen) atoms. The van der Waals surface area contributed by atoms with Gasteiger partial charge in [0.1, 0.15) is 17.5 Å². The fourth-order valence-corrected chi connectivity index (χ4v) is 5.36. The summed E-state index contributed by atoms with van der Waals surface area (Å²) in [7, 11) is 0. The Hall–Kier alpha value is -2.04. The maximum atomic E-state index is 9.17. The second-order valence-corrected chi connectivity index (χ2v) is 9.66. The van der Waals surface area contributed by atoms with Crippen LogP contribution in [0.2, 0.25) is 5.02 Å². The normalized spacial score (nSPS) is 19.4. The average Bonchev–Trinajstić information content (AvgIpc) is 3.13. The number of rotatable bonds is 7. The zero-order valence-electron chi connectivity index (χ0n) is 18.5. The van der Waals surface area contributed by atoms with Crippen LogP contribution >= 0.6 is 23.4 Å². The molecule has 3 heterocycles. The Morgan fingerprint density at radius 3 is 2.72 bits per heavy atom. The van der Waals surface area contributed by atoms with E-state index in [1.807, 2.05) is 31.2 Å². The number of piperazine rings is 1. The molecule has 0 aliphatic carbocycles. The zero-order valence-corrected chi connectivity index (χ0v) is 20.0. The fourth-order valence-electron chi connectivity index (χ4n) is 4.08. The van der Waals surface area contributed by atoms with Crippen molar-refractivity contribution in [3.63, 3.8) is 0 Å². The first kappa shape index (κ1) is 23.1. The molecular weight excluding hydrogens is 446 g/mol. The van der Waals surface area contributed by atoms with Crippen LogP contribution in [0.1, 0.15) is 18.3 Å². The molecular formula is C22H30ClN7OS. The minimum Gasteiger partial charge on any atom is -0.395 e. The predicted octanol–water partition coefficient (Wildman–Crippen LogP) is 2.82. The number of benzene rings is 1. The smallest absolute Gasteiger partial charge is 0.157 e. The molecule has 1 atom stereocenters. The molecule has 10 heteroatoms. The van der Waals surface area contributed by atoms with Gasteiger partial charge in [-0.25, -0.2) is 9.97 Å². The van der Waals surface area contributed by atoms with Gasteiger partial charge in [0.05, 0.1) is 17.3 Å². The number of aliphatic hydroxyl groups is 1. The number of nitrogens with two attached hydrogens (primary N) is 1. The molecule has 1 fully saturated rings. The number of halogens is 1. The molecule has 1 saturated heterocycles. The first-order valence-electron chi connectivity index (χ1n) is 10.8. The lowest BCUT2D eigenvalue weighted by atomic mass is 10.1. The van der Waals surface area contributed by atoms with Gasteiger partial charge in [0.15, 0.2) is 5.50 Å². The predicted molar refractivity (Wildman–Crippen MR) is 133 cm³/mol. The minimum atomic E-state index is -0.0937. The molecule has 8 nitrogen and oxygen atoms in total. The molecule has 0 bridgehead atoms. The summed E-state index contributed by atoms with van der Waals surface area (Å²) in [6, 6.07) is 7.84. The number of aryl methyl sites for hydroxylation is 1. The third-order valence-electron chi connectivity index (χ3n) is 5.63. The lowest BCUT2D eigenvalue weighted by molar-refractivity contribution is 0.188. The van der Waals surface area contributed by atoms with E-state index in [-0.39, 0.29) is 12.1 Å². The van der Waals surface area contributed by atoms with Crippen molar-refractivity contribution in [1.29, 1.82) is 0 Å². The number of anilines is 3. The highest BCUT2D eigenvalue weighted by molar-refractivity contribution is 8.04. The maximum Gasteiger partial charge on any atom is 0.157 e. The summed E-state index contributed by atoms with van der Waals surface area (Å²) < 4.78 is 0. The summed E-state index contributed by atoms with van der Waals surface area (Å²) in [5.74, 6) is 2.42. The fraction of sp³-hybridized carbons (Fsp3) is 0.455. The van der Waals surface area contributed by atoms with E-state index in [1.54, 1.807) is 11.8 Å². The van der Waals surface area contributed by atoms with Gasteiger partial charge in [-0.15, -0.1) is 0 Å². The maximum absolute atomic E-state index is 9.17. The quantitative estimate of drug-likeness (QED) is 0.558. The van der Waals surface area contributed by atoms with Crippen LogP contribution in [0.15, 0.2) is 35.4 Å². The number of thioether (sulfide) groups is 1. The van der Waals surface area contributed by atoms with Gasteiger partial charge >= 0.3 is 0 Å². The summed E-state index contributed by atoms with van der Waals surface area (Å²) in [6.07, 6.45) is 2.10. The largest absolute Gasteiger partial charge is 0.395 e. The van der Waals surface area contributed by atoms with Crippen molar-refractivity contribution in [1.82, 2.24) is 14.9 Å². The van der Waals surface area contributed by atoms with Crippen LogP contribution in [0.3, 0.4) is 0 Å². The van der Waals surface area contributed by atoms with Crippen molar-refractivity contribution in [2.24, 2.45) is 5.73 Å². The number of aliphatic hydroxyl groups excluding tert-OH is 1. The summed E-state index contributed by atoms with van der Waals surface area (Å²) >= 11 is 8.29. The van der Waals surface area contributed by atoms with Gasteiger partial charge in [0, 0.05) is 56.4 Å². The van der Waals surface area contributed by atoms with Gasteiger partial charge in [-0.1, -0.05) is 35.5 Å². The molecule has 0 spiro atoms. The third kappa shape index (κ3) is 5.13. The number of aromatic nitrogens is 2. The highest BCUT2D eigenvalue weighted by atomic mass is 35.5. The minimum absolute atomic E-state index is 0.0937. The van der Waals surface area contributed by atoms with Crippen LogP contribution in [-0.4, -0.2) is 64.8 Å². The Morgan fingerprint density at radius 1 is 1.22 bits per heavy atom. The molecule has 172 valence electrons. The summed E-state index contributed by atoms with van der Waals surface area (Å²) in [4.78, 5) is 17.2. The average molecular weight is 476 g/mol. The Bertz CT molecular complexity index is 981. The SMILES string of the molecule is CC1=CN(c2c(Cl)cccc2CN)C(Nc2cc(N3CCN(CCO)CC3)nc(C)n2)S1. The Morgan fingerprint density at radius 2 is 2.00 bits per heavy atom. The topological polar surface area (TPSA) is 93.8 Å². The molecule has 1 unspecified atom stereocenters. The lowest BCUT2D eigenvalue weighted by Crippen LogP contribution is -2.47. The first-order chi connectivity index (χ1) is 15.5. The van der Waals surface area contributed by atoms with Crippen LogP contribution in [0, 0.1) is 6.92 Å². The molecule has 2 aromatic rings. The van der Waals surface area contributed by atoms with Crippen molar-refractivity contribution < 1.29 is 5.11 Å². The molecule has 4 rings (SSSR count). The standard InChI is InChI=1S/C22H30ClN7OS/c1-15-14-30(21-17(13-24)4-3-5-18(21)23)22(32-15)27-19-12-20(26-16(2)25-19)29-8-6-28(7-9-29)10-11-31/h3-5,12,14,22,31H,6-11,13,24H2,1-2H3,(H,25,26,27). The van der Waals surface area contributed by atoms with Crippen LogP contribution in [0.25, 0.3) is 0 Å². The van der Waals surface area contributed by atoms with E-state index in [2.05, 4.69) is 43.1 Å². The van der Waals surface area contributed by atoms with Gasteiger partial charge in [-0.05, 0) is 25.5 Å². The molecule has 1 aromatic carbocycles. The monoisotopic (exact) mass is 475 g/mol. The number of nitrogens with one attached hydrogen (secondary N) is 1. The molecule has 1 aromatic heterocycles. The highest BCUT2D eigenvalue weighted by Crippen LogP contribution is 2.41. The lowest BCUT2D eigenvalue weighted by Gasteiger charge is -2.35. The zero-order chi connectivity index (χ0) is 22.7. The molecule has 0 saturated carbocycles. The van der Waals surface area contributed by atoms with Crippen LogP contribution in [0.4, 0.5) is 17.3 Å². The van der Waals surface area contributed by atoms with Crippen molar-refractivity contribution in [2.45, 2.75) is 25.9 Å². The van der Waals surface area contributed by atoms with E-state index >= 15 is 0 Å². The van der Waals surface area contributed by atoms with Crippen molar-refractivity contribution in [3.8, 4) is 0 Å². The van der Waals surface area contributed by atoms with E-state index < -0.39 is 0 Å². The van der Waals surface area contributed by atoms with E-state index in [4.69, 9.17) is 17.3 Å². The van der Waals surface area contributed by atoms with E-state index in [0.717, 1.165) is 61.4 Å². The van der Waals surface area contributed by atoms with Crippen LogP contribution in [-0.2, 0) is 6.54 Å². The Kier molecular flexibility index (Phi) is 7.42. The van der Waals surface area contributed by atoms with Gasteiger partial charge in [-0.3, -0.25) is 4.90 Å². The van der Waals surface area contributed by atoms with E-state index in [1.165, 1.54) is 4.91 Å². The van der Waals surface area contributed by atoms with Crippen molar-refractivity contribution in [3.05, 3.63) is 51.8 Å². The molecule has 0 amide bonds. The van der Waals surface area contributed by atoms with Crippen molar-refractivity contribution in [2.75, 3.05) is 54.4 Å². The summed E-state index contributed by atoms with van der Waals surface area (Å²) in [6.45, 7) is 8.90. The number of para-hydroxylation sites is 1. The number of β-amino-alcohol motifs (C(OH)–C–C–N with tert-alkyl or cyclic N) is 1. The van der Waals surface area contributed by atoms with Crippen LogP contribution < -0.4 is 20.9 Å². The number of hydrogen-bond acceptors (Lipinski definition) is 9. The van der Waals surface area contributed by atoms with Gasteiger partial charge in [0.25, 0.3) is 0 Å². The molecule has 2 aliphatic heterocycles. The Balaban J connectivity index is 1.54. The van der Waals surface area contributed by atoms with Gasteiger partial charge < -0.3 is 26.0 Å². The van der Waals surface area contributed by atoms with Gasteiger partial charge in [-0.2, -0.15) is 0 Å². The van der Waals surface area contributed by atoms with E-state index in [0.29, 0.717) is 11.6 Å². The molecule has 0 radical (unpaired) electrons. The van der Waals surface area contributed by atoms with Gasteiger partial charge in [0.2, 0.25) is 0 Å². The number of hydrogen-bond donors (Lipinski definition) is 3. The van der Waals surface area contributed by atoms with Crippen LogP contribution in [0.5, 0.6) is 0 Å². The van der Waals surface area contributed by atoms with Crippen molar-refractivity contribution >= 4 is 40.7 Å². The summed E-state index contributed by atoms with van der Waals surface area (Å²) in [5, 5.41) is 13.4. The highest BCUT2D eigenvalue weighted by Gasteiger charge is 2.28. The molecule has 4 N–H and O–H groups in total. The number of allylic oxidation sites excluding steroid dienone is 1. The molecule has 2 aliphatic rings. The second-order valence-electron chi connectivity index (χ2n) is 7.92. The number of nitrogens with zero attached hydrogens (tertiary/aromatic N) is 5. The second kappa shape index (κ2) is 10.3. The Labute approximate surface area is 198 Å². The summed E-state index contributed by atoms with van der Waals surface area (Å²) in [5.41, 5.74) is 7.82. The van der Waals surface area contributed by atoms with E-state index in [9.17, 15) is 5.11 Å². The third-order valence-corrected chi connectivity index (χ3v) is 6.98. The first-order valence-corrected chi connectivity index (χ1v) is 12.1.